The molecule has 6 heteroatoms. The van der Waals surface area contributed by atoms with Crippen LogP contribution >= 0.6 is 12.4 Å². The number of carbonyl (C=O) groups is 1. The Morgan fingerprint density at radius 3 is 2.56 bits per heavy atom. The van der Waals surface area contributed by atoms with Gasteiger partial charge in [0, 0.05) is 19.6 Å². The molecule has 0 aromatic heterocycles. The van der Waals surface area contributed by atoms with E-state index in [1.165, 1.54) is 25.5 Å². The van der Waals surface area contributed by atoms with E-state index < -0.39 is 6.10 Å². The first-order valence-electron chi connectivity index (χ1n) is 9.02. The van der Waals surface area contributed by atoms with Crippen molar-refractivity contribution in [2.24, 2.45) is 5.92 Å². The van der Waals surface area contributed by atoms with E-state index in [0.717, 1.165) is 31.8 Å². The summed E-state index contributed by atoms with van der Waals surface area (Å²) in [4.78, 5) is 16.7. The molecular weight excluding hydrogens is 343 g/mol. The second-order valence-electron chi connectivity index (χ2n) is 7.56. The van der Waals surface area contributed by atoms with E-state index >= 15 is 0 Å². The van der Waals surface area contributed by atoms with Crippen LogP contribution in [0.1, 0.15) is 32.6 Å². The molecule has 1 aromatic rings. The Bertz CT molecular complexity index is 630. The fourth-order valence-electron chi connectivity index (χ4n) is 4.01. The fourth-order valence-corrected chi connectivity index (χ4v) is 4.01. The average Bonchev–Trinajstić information content (AvgIpc) is 3.38. The Labute approximate surface area is 154 Å². The van der Waals surface area contributed by atoms with E-state index in [1.54, 1.807) is 30.0 Å². The molecule has 3 fully saturated rings. The van der Waals surface area contributed by atoms with E-state index in [4.69, 9.17) is 4.74 Å². The third-order valence-corrected chi connectivity index (χ3v) is 5.61. The number of likely N-dealkylation sites (tertiary alicyclic amines) is 1. The van der Waals surface area contributed by atoms with Gasteiger partial charge in [0.15, 0.2) is 0 Å². The molecule has 4 nitrogen and oxygen atoms in total. The van der Waals surface area contributed by atoms with Crippen LogP contribution < -0.4 is 4.90 Å². The highest BCUT2D eigenvalue weighted by Crippen LogP contribution is 2.37. The SMILES string of the molecule is CC1OC2(CCN(CC3CC3)CC2)CN(c2ccccc2F)C1=O.Cl. The van der Waals surface area contributed by atoms with E-state index in [2.05, 4.69) is 4.90 Å². The molecule has 1 amide bonds. The van der Waals surface area contributed by atoms with E-state index in [9.17, 15) is 9.18 Å². The molecule has 2 aliphatic heterocycles. The average molecular weight is 369 g/mol. The molecule has 2 heterocycles. The van der Waals surface area contributed by atoms with Gasteiger partial charge in [0.1, 0.15) is 11.9 Å². The molecular formula is C19H26ClFN2O2. The zero-order valence-electron chi connectivity index (χ0n) is 14.6. The van der Waals surface area contributed by atoms with Crippen LogP contribution in [0.3, 0.4) is 0 Å². The first-order chi connectivity index (χ1) is 11.6. The van der Waals surface area contributed by atoms with Crippen molar-refractivity contribution in [3.05, 3.63) is 30.1 Å². The molecule has 3 aliphatic rings. The molecule has 1 unspecified atom stereocenters. The second kappa shape index (κ2) is 7.22. The monoisotopic (exact) mass is 368 g/mol. The lowest BCUT2D eigenvalue weighted by molar-refractivity contribution is -0.161. The summed E-state index contributed by atoms with van der Waals surface area (Å²) in [6, 6.07) is 6.52. The Morgan fingerprint density at radius 2 is 1.92 bits per heavy atom. The second-order valence-corrected chi connectivity index (χ2v) is 7.56. The summed E-state index contributed by atoms with van der Waals surface area (Å²) < 4.78 is 20.3. The summed E-state index contributed by atoms with van der Waals surface area (Å²) in [5.74, 6) is 0.397. The van der Waals surface area contributed by atoms with Gasteiger partial charge in [-0.05, 0) is 50.7 Å². The Kier molecular flexibility index (Phi) is 5.37. The summed E-state index contributed by atoms with van der Waals surface area (Å²) >= 11 is 0. The Balaban J connectivity index is 0.00000182. The molecule has 1 saturated carbocycles. The number of para-hydroxylation sites is 1. The number of ether oxygens (including phenoxy) is 1. The highest BCUT2D eigenvalue weighted by molar-refractivity contribution is 5.97. The summed E-state index contributed by atoms with van der Waals surface area (Å²) in [7, 11) is 0. The number of anilines is 1. The Morgan fingerprint density at radius 1 is 1.24 bits per heavy atom. The number of rotatable bonds is 3. The van der Waals surface area contributed by atoms with Gasteiger partial charge in [0.25, 0.3) is 5.91 Å². The number of morpholine rings is 1. The van der Waals surface area contributed by atoms with Crippen LogP contribution in [0.5, 0.6) is 0 Å². The minimum atomic E-state index is -0.520. The predicted octanol–water partition coefficient (Wildman–Crippen LogP) is 3.24. The van der Waals surface area contributed by atoms with Crippen LogP contribution in [0, 0.1) is 11.7 Å². The quantitative estimate of drug-likeness (QED) is 0.821. The molecule has 0 radical (unpaired) electrons. The predicted molar refractivity (Wildman–Crippen MR) is 97.7 cm³/mol. The van der Waals surface area contributed by atoms with Crippen molar-refractivity contribution >= 4 is 24.0 Å². The van der Waals surface area contributed by atoms with Gasteiger partial charge in [-0.2, -0.15) is 0 Å². The van der Waals surface area contributed by atoms with Crippen molar-refractivity contribution in [3.8, 4) is 0 Å². The van der Waals surface area contributed by atoms with Crippen LogP contribution in [-0.2, 0) is 9.53 Å². The maximum absolute atomic E-state index is 14.2. The fraction of sp³-hybridized carbons (Fsp3) is 0.632. The number of carbonyl (C=O) groups excluding carboxylic acids is 1. The molecule has 2 saturated heterocycles. The summed E-state index contributed by atoms with van der Waals surface area (Å²) in [5, 5.41) is 0. The number of nitrogens with zero attached hydrogens (tertiary/aromatic N) is 2. The van der Waals surface area contributed by atoms with Crippen molar-refractivity contribution in [2.45, 2.75) is 44.3 Å². The number of hydrogen-bond acceptors (Lipinski definition) is 3. The molecule has 0 bridgehead atoms. The number of hydrogen-bond donors (Lipinski definition) is 0. The van der Waals surface area contributed by atoms with E-state index in [1.807, 2.05) is 0 Å². The van der Waals surface area contributed by atoms with Gasteiger partial charge in [-0.15, -0.1) is 12.4 Å². The normalized spacial score (nSPS) is 26.6. The van der Waals surface area contributed by atoms with Crippen molar-refractivity contribution in [1.29, 1.82) is 0 Å². The minimum absolute atomic E-state index is 0. The smallest absolute Gasteiger partial charge is 0.256 e. The lowest BCUT2D eigenvalue weighted by Gasteiger charge is -2.49. The molecule has 0 N–H and O–H groups in total. The van der Waals surface area contributed by atoms with Gasteiger partial charge >= 0.3 is 0 Å². The van der Waals surface area contributed by atoms with Gasteiger partial charge in [-0.1, -0.05) is 12.1 Å². The Hall–Kier alpha value is -1.17. The first kappa shape index (κ1) is 18.6. The van der Waals surface area contributed by atoms with E-state index in [0.29, 0.717) is 12.2 Å². The number of amides is 1. The lowest BCUT2D eigenvalue weighted by Crippen LogP contribution is -2.61. The zero-order valence-corrected chi connectivity index (χ0v) is 15.4. The highest BCUT2D eigenvalue weighted by Gasteiger charge is 2.46. The van der Waals surface area contributed by atoms with Crippen LogP contribution in [0.25, 0.3) is 0 Å². The van der Waals surface area contributed by atoms with Gasteiger partial charge < -0.3 is 14.5 Å². The topological polar surface area (TPSA) is 32.8 Å². The number of piperidine rings is 1. The number of halogens is 2. The number of benzene rings is 1. The molecule has 1 aromatic carbocycles. The molecule has 25 heavy (non-hydrogen) atoms. The third kappa shape index (κ3) is 3.83. The molecule has 1 aliphatic carbocycles. The van der Waals surface area contributed by atoms with Crippen molar-refractivity contribution < 1.29 is 13.9 Å². The van der Waals surface area contributed by atoms with Crippen LogP contribution in [0.15, 0.2) is 24.3 Å². The van der Waals surface area contributed by atoms with Gasteiger partial charge in [0.05, 0.1) is 17.8 Å². The first-order valence-corrected chi connectivity index (χ1v) is 9.02. The van der Waals surface area contributed by atoms with Crippen LogP contribution in [0.4, 0.5) is 10.1 Å². The third-order valence-electron chi connectivity index (χ3n) is 5.61. The summed E-state index contributed by atoms with van der Waals surface area (Å²) in [6.45, 7) is 5.44. The summed E-state index contributed by atoms with van der Waals surface area (Å²) in [5.41, 5.74) is 0.0350. The zero-order chi connectivity index (χ0) is 16.7. The lowest BCUT2D eigenvalue weighted by atomic mass is 9.88. The maximum Gasteiger partial charge on any atom is 0.256 e. The highest BCUT2D eigenvalue weighted by atomic mass is 35.5. The van der Waals surface area contributed by atoms with Gasteiger partial charge in [-0.25, -0.2) is 4.39 Å². The van der Waals surface area contributed by atoms with E-state index in [-0.39, 0.29) is 29.7 Å². The van der Waals surface area contributed by atoms with Crippen LogP contribution in [0.2, 0.25) is 0 Å². The molecule has 4 rings (SSSR count). The summed E-state index contributed by atoms with van der Waals surface area (Å²) in [6.07, 6.45) is 4.02. The van der Waals surface area contributed by atoms with Crippen molar-refractivity contribution in [2.75, 3.05) is 31.1 Å². The van der Waals surface area contributed by atoms with Crippen LogP contribution in [-0.4, -0.2) is 48.7 Å². The minimum Gasteiger partial charge on any atom is -0.360 e. The largest absolute Gasteiger partial charge is 0.360 e. The molecule has 1 spiro atoms. The molecule has 1 atom stereocenters. The van der Waals surface area contributed by atoms with Gasteiger partial charge in [-0.3, -0.25) is 4.79 Å². The maximum atomic E-state index is 14.2. The van der Waals surface area contributed by atoms with Gasteiger partial charge in [0.2, 0.25) is 0 Å². The van der Waals surface area contributed by atoms with Crippen molar-refractivity contribution in [3.63, 3.8) is 0 Å². The standard InChI is InChI=1S/C19H25FN2O2.ClH/c1-14-18(23)22(17-5-3-2-4-16(17)20)13-19(24-14)8-10-21(11-9-19)12-15-6-7-15;/h2-5,14-15H,6-13H2,1H3;1H. The van der Waals surface area contributed by atoms with Crippen molar-refractivity contribution in [1.82, 2.24) is 4.90 Å². The molecule has 138 valence electrons.